The van der Waals surface area contributed by atoms with E-state index in [9.17, 15) is 4.79 Å². The van der Waals surface area contributed by atoms with E-state index < -0.39 is 16.3 Å². The van der Waals surface area contributed by atoms with Crippen LogP contribution < -0.4 is 4.90 Å². The summed E-state index contributed by atoms with van der Waals surface area (Å²) >= 11 is 15.2. The molecule has 0 unspecified atom stereocenters. The van der Waals surface area contributed by atoms with E-state index in [2.05, 4.69) is 0 Å². The van der Waals surface area contributed by atoms with Crippen molar-refractivity contribution in [3.63, 3.8) is 0 Å². The number of carbonyl (C=O) groups excluding carboxylic acids is 1. The Hall–Kier alpha value is -3.12. The molecule has 6 rings (SSSR count). The summed E-state index contributed by atoms with van der Waals surface area (Å²) in [7, 11) is 0. The van der Waals surface area contributed by atoms with E-state index in [-0.39, 0.29) is 0 Å². The molecule has 174 valence electrons. The number of carbonyl (C=O) groups is 1. The fourth-order valence-corrected chi connectivity index (χ4v) is 6.39. The molecule has 0 spiro atoms. The molecule has 2 aliphatic rings. The maximum Gasteiger partial charge on any atom is 0.350 e. The normalized spacial score (nSPS) is 18.5. The van der Waals surface area contributed by atoms with E-state index in [1.807, 2.05) is 95.9 Å². The number of aryl methyl sites for hydroxylation is 1. The van der Waals surface area contributed by atoms with Crippen LogP contribution in [-0.4, -0.2) is 21.3 Å². The summed E-state index contributed by atoms with van der Waals surface area (Å²) in [4.78, 5) is 21.1. The van der Waals surface area contributed by atoms with Gasteiger partial charge in [-0.15, -0.1) is 11.3 Å². The predicted octanol–water partition coefficient (Wildman–Crippen LogP) is 7.41. The molecule has 0 radical (unpaired) electrons. The van der Waals surface area contributed by atoms with E-state index in [1.165, 1.54) is 11.3 Å². The largest absolute Gasteiger partial charge is 0.423 e. The van der Waals surface area contributed by atoms with Crippen LogP contribution in [0.2, 0.25) is 0 Å². The minimum Gasteiger partial charge on any atom is -0.423 e. The van der Waals surface area contributed by atoms with Gasteiger partial charge < -0.3 is 9.64 Å². The highest BCUT2D eigenvalue weighted by molar-refractivity contribution is 7.16. The molecule has 1 aliphatic carbocycles. The van der Waals surface area contributed by atoms with Gasteiger partial charge in [-0.05, 0) is 37.1 Å². The smallest absolute Gasteiger partial charge is 0.350 e. The second kappa shape index (κ2) is 8.83. The Morgan fingerprint density at radius 2 is 1.43 bits per heavy atom. The lowest BCUT2D eigenvalue weighted by Crippen LogP contribution is -2.54. The third-order valence-electron chi connectivity index (χ3n) is 6.31. The van der Waals surface area contributed by atoms with Crippen molar-refractivity contribution in [1.82, 2.24) is 4.98 Å². The molecule has 7 heteroatoms. The minimum atomic E-state index is -1.80. The summed E-state index contributed by atoms with van der Waals surface area (Å²) in [6, 6.07) is 29.1. The third-order valence-corrected chi connectivity index (χ3v) is 8.18. The number of anilines is 2. The van der Waals surface area contributed by atoms with Crippen molar-refractivity contribution in [3.05, 3.63) is 107 Å². The van der Waals surface area contributed by atoms with Crippen molar-refractivity contribution in [1.29, 1.82) is 0 Å². The average molecular weight is 519 g/mol. The van der Waals surface area contributed by atoms with Crippen molar-refractivity contribution >= 4 is 57.6 Å². The Morgan fingerprint density at radius 1 is 0.857 bits per heavy atom. The molecule has 1 atom stereocenters. The van der Waals surface area contributed by atoms with Gasteiger partial charge in [-0.1, -0.05) is 89.9 Å². The van der Waals surface area contributed by atoms with Crippen LogP contribution in [0.5, 0.6) is 0 Å². The van der Waals surface area contributed by atoms with Crippen LogP contribution in [0, 0.1) is 0 Å². The Labute approximate surface area is 217 Å². The molecule has 3 aromatic carbocycles. The van der Waals surface area contributed by atoms with Gasteiger partial charge in [-0.3, -0.25) is 0 Å². The number of aromatic nitrogens is 1. The maximum absolute atomic E-state index is 13.3. The molecule has 0 saturated heterocycles. The highest BCUT2D eigenvalue weighted by atomic mass is 35.5. The fourth-order valence-electron chi connectivity index (χ4n) is 4.72. The van der Waals surface area contributed by atoms with Gasteiger partial charge in [0.2, 0.25) is 4.33 Å². The van der Waals surface area contributed by atoms with Gasteiger partial charge in [0.25, 0.3) is 0 Å². The van der Waals surface area contributed by atoms with Crippen molar-refractivity contribution in [2.45, 2.75) is 23.2 Å². The SMILES string of the molecule is O=C1OC2=C(CCc3nc(-c4ccccc4)sc32)[C@H](N(c2ccccc2)c2ccccc2)C1(Cl)Cl. The quantitative estimate of drug-likeness (QED) is 0.208. The Kier molecular flexibility index (Phi) is 5.64. The van der Waals surface area contributed by atoms with Crippen LogP contribution in [0.1, 0.15) is 17.0 Å². The number of rotatable bonds is 4. The number of hydrogen-bond acceptors (Lipinski definition) is 5. The second-order valence-electron chi connectivity index (χ2n) is 8.47. The first-order chi connectivity index (χ1) is 17.0. The number of ether oxygens (including phenoxy) is 1. The zero-order valence-corrected chi connectivity index (χ0v) is 20.9. The molecular weight excluding hydrogens is 499 g/mol. The molecule has 35 heavy (non-hydrogen) atoms. The Balaban J connectivity index is 1.54. The maximum atomic E-state index is 13.3. The number of para-hydroxylation sites is 2. The lowest BCUT2D eigenvalue weighted by atomic mass is 9.88. The molecule has 2 heterocycles. The van der Waals surface area contributed by atoms with Gasteiger partial charge in [0.15, 0.2) is 5.76 Å². The number of hydrogen-bond donors (Lipinski definition) is 0. The molecule has 0 saturated carbocycles. The average Bonchev–Trinajstić information content (AvgIpc) is 3.34. The first kappa shape index (κ1) is 22.4. The zero-order valence-electron chi connectivity index (χ0n) is 18.5. The summed E-state index contributed by atoms with van der Waals surface area (Å²) in [6.45, 7) is 0. The van der Waals surface area contributed by atoms with Crippen molar-refractivity contribution in [3.8, 4) is 10.6 Å². The molecule has 4 nitrogen and oxygen atoms in total. The molecule has 0 amide bonds. The van der Waals surface area contributed by atoms with Gasteiger partial charge in [-0.25, -0.2) is 9.78 Å². The second-order valence-corrected chi connectivity index (χ2v) is 10.9. The molecular formula is C28H20Cl2N2O2S. The monoisotopic (exact) mass is 518 g/mol. The molecule has 0 N–H and O–H groups in total. The van der Waals surface area contributed by atoms with Gasteiger partial charge in [0.1, 0.15) is 11.0 Å². The first-order valence-electron chi connectivity index (χ1n) is 11.3. The van der Waals surface area contributed by atoms with E-state index in [0.29, 0.717) is 18.6 Å². The van der Waals surface area contributed by atoms with E-state index in [0.717, 1.165) is 38.1 Å². The highest BCUT2D eigenvalue weighted by Gasteiger charge is 2.55. The van der Waals surface area contributed by atoms with E-state index in [4.69, 9.17) is 32.9 Å². The van der Waals surface area contributed by atoms with E-state index in [1.54, 1.807) is 0 Å². The molecule has 0 fully saturated rings. The van der Waals surface area contributed by atoms with Crippen molar-refractivity contribution < 1.29 is 9.53 Å². The molecule has 4 aromatic rings. The number of halogens is 2. The zero-order chi connectivity index (χ0) is 24.0. The number of nitrogens with zero attached hydrogens (tertiary/aromatic N) is 2. The summed E-state index contributed by atoms with van der Waals surface area (Å²) in [6.07, 6.45) is 1.35. The fraction of sp³-hybridized carbons (Fsp3) is 0.143. The van der Waals surface area contributed by atoms with Gasteiger partial charge in [0.05, 0.1) is 10.6 Å². The number of fused-ring (bicyclic) bond motifs is 2. The van der Waals surface area contributed by atoms with Crippen LogP contribution in [0.4, 0.5) is 11.4 Å². The molecule has 1 aliphatic heterocycles. The molecule has 0 bridgehead atoms. The van der Waals surface area contributed by atoms with Gasteiger partial charge >= 0.3 is 5.97 Å². The van der Waals surface area contributed by atoms with Gasteiger partial charge in [-0.2, -0.15) is 0 Å². The van der Waals surface area contributed by atoms with Crippen LogP contribution in [0.15, 0.2) is 96.6 Å². The summed E-state index contributed by atoms with van der Waals surface area (Å²) < 4.78 is 4.06. The number of esters is 1. The standard InChI is InChI=1S/C28H20Cl2N2O2S/c29-28(30)25(32(19-12-6-2-7-13-19)20-14-8-3-9-15-20)21-16-17-22-24(23(21)34-27(28)33)35-26(31-22)18-10-4-1-5-11-18/h1-15,25H,16-17H2/t25-/m0/s1. The number of alkyl halides is 2. The predicted molar refractivity (Wildman–Crippen MR) is 142 cm³/mol. The summed E-state index contributed by atoms with van der Waals surface area (Å²) in [5.74, 6) is -0.140. The first-order valence-corrected chi connectivity index (χ1v) is 12.9. The number of thiazole rings is 1. The number of benzene rings is 3. The summed E-state index contributed by atoms with van der Waals surface area (Å²) in [5, 5.41) is 0.897. The van der Waals surface area contributed by atoms with Gasteiger partial charge in [0, 0.05) is 22.5 Å². The third kappa shape index (κ3) is 3.84. The highest BCUT2D eigenvalue weighted by Crippen LogP contribution is 2.51. The van der Waals surface area contributed by atoms with Crippen LogP contribution in [-0.2, 0) is 16.0 Å². The van der Waals surface area contributed by atoms with Crippen LogP contribution in [0.25, 0.3) is 16.3 Å². The lowest BCUT2D eigenvalue weighted by Gasteiger charge is -2.44. The Morgan fingerprint density at radius 3 is 2.03 bits per heavy atom. The van der Waals surface area contributed by atoms with Crippen molar-refractivity contribution in [2.24, 2.45) is 0 Å². The van der Waals surface area contributed by atoms with Crippen LogP contribution >= 0.6 is 34.5 Å². The Bertz CT molecular complexity index is 1380. The van der Waals surface area contributed by atoms with Crippen molar-refractivity contribution in [2.75, 3.05) is 4.90 Å². The van der Waals surface area contributed by atoms with E-state index >= 15 is 0 Å². The summed E-state index contributed by atoms with van der Waals surface area (Å²) in [5.41, 5.74) is 4.64. The topological polar surface area (TPSA) is 42.4 Å². The minimum absolute atomic E-state index is 0.537. The molecule has 1 aromatic heterocycles. The lowest BCUT2D eigenvalue weighted by molar-refractivity contribution is -0.138. The van der Waals surface area contributed by atoms with Crippen LogP contribution in [0.3, 0.4) is 0 Å².